The fourth-order valence-corrected chi connectivity index (χ4v) is 3.98. The predicted octanol–water partition coefficient (Wildman–Crippen LogP) is 4.40. The Balaban J connectivity index is 1.51. The Hall–Kier alpha value is -2.88. The lowest BCUT2D eigenvalue weighted by Crippen LogP contribution is -2.43. The normalized spacial score (nSPS) is 17.9. The van der Waals surface area contributed by atoms with Crippen molar-refractivity contribution in [2.45, 2.75) is 25.8 Å². The molecule has 1 atom stereocenters. The Morgan fingerprint density at radius 3 is 2.22 bits per heavy atom. The molecular formula is C23H23NO3. The minimum atomic E-state index is -0.513. The molecule has 1 unspecified atom stereocenters. The molecule has 1 aliphatic carbocycles. The molecule has 2 aromatic rings. The fourth-order valence-electron chi connectivity index (χ4n) is 3.98. The van der Waals surface area contributed by atoms with Gasteiger partial charge in [-0.3, -0.25) is 9.69 Å². The molecule has 0 spiro atoms. The maximum Gasteiger partial charge on any atom is 0.410 e. The Morgan fingerprint density at radius 1 is 1.04 bits per heavy atom. The third-order valence-electron chi connectivity index (χ3n) is 5.39. The number of hydrogen-bond donors (Lipinski definition) is 0. The van der Waals surface area contributed by atoms with E-state index in [1.165, 1.54) is 27.2 Å². The number of carbonyl (C=O) groups excluding carboxylic acids is 2. The van der Waals surface area contributed by atoms with E-state index in [1.54, 1.807) is 6.08 Å². The molecule has 1 amide bonds. The summed E-state index contributed by atoms with van der Waals surface area (Å²) < 4.78 is 5.68. The van der Waals surface area contributed by atoms with Crippen LogP contribution in [0.3, 0.4) is 0 Å². The van der Waals surface area contributed by atoms with E-state index >= 15 is 0 Å². The number of Topliss-reactive ketones (excluding diaryl/α,β-unsaturated/α-hetero) is 1. The quantitative estimate of drug-likeness (QED) is 0.758. The van der Waals surface area contributed by atoms with Crippen molar-refractivity contribution >= 4 is 11.9 Å². The number of ketones is 1. The molecule has 138 valence electrons. The first-order valence-corrected chi connectivity index (χ1v) is 9.40. The van der Waals surface area contributed by atoms with E-state index in [4.69, 9.17) is 4.74 Å². The van der Waals surface area contributed by atoms with Gasteiger partial charge in [0.2, 0.25) is 0 Å². The zero-order chi connectivity index (χ0) is 19.0. The molecule has 4 rings (SSSR count). The van der Waals surface area contributed by atoms with Crippen LogP contribution in [0.2, 0.25) is 0 Å². The van der Waals surface area contributed by atoms with Crippen LogP contribution in [0.1, 0.15) is 30.9 Å². The van der Waals surface area contributed by atoms with E-state index < -0.39 is 12.1 Å². The van der Waals surface area contributed by atoms with Gasteiger partial charge in [0.25, 0.3) is 0 Å². The summed E-state index contributed by atoms with van der Waals surface area (Å²) >= 11 is 0. The summed E-state index contributed by atoms with van der Waals surface area (Å²) in [7, 11) is 0. The number of fused-ring (bicyclic) bond motifs is 3. The van der Waals surface area contributed by atoms with Crippen LogP contribution in [0, 0.1) is 5.92 Å². The standard InChI is InChI=1S/C23H23NO3/c1-15(2)22(25)21-12-7-13-24(21)23(26)27-14-20-18-10-5-3-8-16(18)17-9-4-6-11-19(17)20/h3-12,15,20-21H,13-14H2,1-2H3. The van der Waals surface area contributed by atoms with Gasteiger partial charge in [0, 0.05) is 18.4 Å². The molecule has 27 heavy (non-hydrogen) atoms. The molecule has 0 radical (unpaired) electrons. The lowest BCUT2D eigenvalue weighted by molar-refractivity contribution is -0.124. The van der Waals surface area contributed by atoms with Gasteiger partial charge in [-0.15, -0.1) is 0 Å². The lowest BCUT2D eigenvalue weighted by atomic mass is 9.98. The van der Waals surface area contributed by atoms with E-state index in [2.05, 4.69) is 24.3 Å². The van der Waals surface area contributed by atoms with E-state index in [1.807, 2.05) is 44.2 Å². The number of ether oxygens (including phenoxy) is 1. The summed E-state index contributed by atoms with van der Waals surface area (Å²) in [4.78, 5) is 26.5. The average Bonchev–Trinajstić information content (AvgIpc) is 3.29. The van der Waals surface area contributed by atoms with Crippen LogP contribution in [-0.4, -0.2) is 36.0 Å². The average molecular weight is 361 g/mol. The highest BCUT2D eigenvalue weighted by Gasteiger charge is 2.34. The summed E-state index contributed by atoms with van der Waals surface area (Å²) in [6, 6.07) is 16.0. The maximum absolute atomic E-state index is 12.7. The van der Waals surface area contributed by atoms with Gasteiger partial charge in [0.05, 0.1) is 0 Å². The van der Waals surface area contributed by atoms with Crippen LogP contribution in [-0.2, 0) is 9.53 Å². The molecule has 0 saturated heterocycles. The third-order valence-corrected chi connectivity index (χ3v) is 5.39. The van der Waals surface area contributed by atoms with Gasteiger partial charge in [-0.25, -0.2) is 4.79 Å². The SMILES string of the molecule is CC(C)C(=O)C1C=CCN1C(=O)OCC1c2ccccc2-c2ccccc21. The summed E-state index contributed by atoms with van der Waals surface area (Å²) in [5, 5.41) is 0. The van der Waals surface area contributed by atoms with Gasteiger partial charge in [-0.1, -0.05) is 74.5 Å². The van der Waals surface area contributed by atoms with Gasteiger partial charge in [-0.2, -0.15) is 0 Å². The van der Waals surface area contributed by atoms with Crippen molar-refractivity contribution in [1.29, 1.82) is 0 Å². The van der Waals surface area contributed by atoms with Crippen LogP contribution in [0.5, 0.6) is 0 Å². The highest BCUT2D eigenvalue weighted by atomic mass is 16.6. The number of carbonyl (C=O) groups is 2. The summed E-state index contributed by atoms with van der Waals surface area (Å²) in [6.45, 7) is 4.39. The second-order valence-electron chi connectivity index (χ2n) is 7.39. The molecular weight excluding hydrogens is 338 g/mol. The second kappa shape index (κ2) is 7.03. The Labute approximate surface area is 159 Å². The van der Waals surface area contributed by atoms with Crippen LogP contribution in [0.15, 0.2) is 60.7 Å². The summed E-state index contributed by atoms with van der Waals surface area (Å²) in [6.07, 6.45) is 3.22. The Kier molecular flexibility index (Phi) is 4.56. The molecule has 4 nitrogen and oxygen atoms in total. The van der Waals surface area contributed by atoms with Gasteiger partial charge in [0.15, 0.2) is 5.78 Å². The zero-order valence-electron chi connectivity index (χ0n) is 15.6. The largest absolute Gasteiger partial charge is 0.448 e. The molecule has 0 N–H and O–H groups in total. The molecule has 0 bridgehead atoms. The van der Waals surface area contributed by atoms with Crippen LogP contribution >= 0.6 is 0 Å². The minimum absolute atomic E-state index is 0.0242. The van der Waals surface area contributed by atoms with Gasteiger partial charge in [-0.05, 0) is 22.3 Å². The topological polar surface area (TPSA) is 46.6 Å². The smallest absolute Gasteiger partial charge is 0.410 e. The molecule has 0 fully saturated rings. The summed E-state index contributed by atoms with van der Waals surface area (Å²) in [5.74, 6) is -0.0601. The van der Waals surface area contributed by atoms with Gasteiger partial charge in [0.1, 0.15) is 12.6 Å². The first kappa shape index (κ1) is 17.5. The second-order valence-corrected chi connectivity index (χ2v) is 7.39. The van der Waals surface area contributed by atoms with Crippen molar-refractivity contribution in [3.8, 4) is 11.1 Å². The third kappa shape index (κ3) is 3.05. The van der Waals surface area contributed by atoms with E-state index in [-0.39, 0.29) is 24.2 Å². The van der Waals surface area contributed by atoms with Crippen molar-refractivity contribution < 1.29 is 14.3 Å². The summed E-state index contributed by atoms with van der Waals surface area (Å²) in [5.41, 5.74) is 4.76. The van der Waals surface area contributed by atoms with E-state index in [0.29, 0.717) is 6.54 Å². The van der Waals surface area contributed by atoms with Crippen molar-refractivity contribution in [2.75, 3.05) is 13.2 Å². The van der Waals surface area contributed by atoms with E-state index in [0.717, 1.165) is 0 Å². The molecule has 1 aliphatic heterocycles. The first-order chi connectivity index (χ1) is 13.1. The molecule has 2 aliphatic rings. The van der Waals surface area contributed by atoms with Gasteiger partial charge < -0.3 is 4.74 Å². The highest BCUT2D eigenvalue weighted by Crippen LogP contribution is 2.44. The lowest BCUT2D eigenvalue weighted by Gasteiger charge is -2.25. The maximum atomic E-state index is 12.7. The van der Waals surface area contributed by atoms with Gasteiger partial charge >= 0.3 is 6.09 Å². The van der Waals surface area contributed by atoms with Crippen molar-refractivity contribution in [3.05, 3.63) is 71.8 Å². The highest BCUT2D eigenvalue weighted by molar-refractivity contribution is 5.91. The van der Waals surface area contributed by atoms with Crippen LogP contribution in [0.25, 0.3) is 11.1 Å². The van der Waals surface area contributed by atoms with Crippen LogP contribution in [0.4, 0.5) is 4.79 Å². The molecule has 2 aromatic carbocycles. The monoisotopic (exact) mass is 361 g/mol. The Morgan fingerprint density at radius 2 is 1.63 bits per heavy atom. The number of rotatable bonds is 4. The van der Waals surface area contributed by atoms with Crippen LogP contribution < -0.4 is 0 Å². The number of hydrogen-bond acceptors (Lipinski definition) is 3. The molecule has 4 heteroatoms. The van der Waals surface area contributed by atoms with E-state index in [9.17, 15) is 9.59 Å². The number of benzene rings is 2. The zero-order valence-corrected chi connectivity index (χ0v) is 15.6. The Bertz CT molecular complexity index is 870. The molecule has 0 saturated carbocycles. The van der Waals surface area contributed by atoms with Crippen molar-refractivity contribution in [1.82, 2.24) is 4.90 Å². The number of nitrogens with zero attached hydrogens (tertiary/aromatic N) is 1. The van der Waals surface area contributed by atoms with Crippen molar-refractivity contribution in [2.24, 2.45) is 5.92 Å². The fraction of sp³-hybridized carbons (Fsp3) is 0.304. The first-order valence-electron chi connectivity index (χ1n) is 9.40. The minimum Gasteiger partial charge on any atom is -0.448 e. The predicted molar refractivity (Wildman–Crippen MR) is 105 cm³/mol. The van der Waals surface area contributed by atoms with Crippen molar-refractivity contribution in [3.63, 3.8) is 0 Å². The molecule has 1 heterocycles. The molecule has 0 aromatic heterocycles. The number of amides is 1.